The highest BCUT2D eigenvalue weighted by Gasteiger charge is 2.07. The lowest BCUT2D eigenvalue weighted by Crippen LogP contribution is -2.05. The van der Waals surface area contributed by atoms with Gasteiger partial charge in [-0.05, 0) is 12.1 Å². The summed E-state index contributed by atoms with van der Waals surface area (Å²) in [5.41, 5.74) is 0.986. The smallest absolute Gasteiger partial charge is 0.313 e. The first kappa shape index (κ1) is 12.6. The first-order valence-corrected chi connectivity index (χ1v) is 6.36. The van der Waals surface area contributed by atoms with E-state index in [9.17, 15) is 4.79 Å². The molecule has 0 aliphatic heterocycles. The minimum absolute atomic E-state index is 0.0116. The van der Waals surface area contributed by atoms with Gasteiger partial charge in [0.15, 0.2) is 5.16 Å². The van der Waals surface area contributed by atoms with E-state index in [1.54, 1.807) is 12.5 Å². The zero-order valence-corrected chi connectivity index (χ0v) is 10.4. The third-order valence-corrected chi connectivity index (χ3v) is 3.21. The van der Waals surface area contributed by atoms with Crippen molar-refractivity contribution >= 4 is 17.7 Å². The molecule has 0 spiro atoms. The first-order chi connectivity index (χ1) is 8.75. The molecule has 7 heteroatoms. The lowest BCUT2D eigenvalue weighted by molar-refractivity contribution is -0.133. The molecule has 0 atom stereocenters. The SMILES string of the molecule is O=C(O)CSc1nncn1CCc1ccccn1. The van der Waals surface area contributed by atoms with E-state index in [-0.39, 0.29) is 5.75 Å². The Hall–Kier alpha value is -1.89. The molecule has 2 aromatic rings. The maximum absolute atomic E-state index is 10.5. The first-order valence-electron chi connectivity index (χ1n) is 5.38. The van der Waals surface area contributed by atoms with Crippen LogP contribution in [-0.2, 0) is 17.8 Å². The van der Waals surface area contributed by atoms with Crippen LogP contribution in [-0.4, -0.2) is 36.6 Å². The number of hydrogen-bond donors (Lipinski definition) is 1. The number of rotatable bonds is 6. The Labute approximate surface area is 108 Å². The monoisotopic (exact) mass is 264 g/mol. The predicted octanol–water partition coefficient (Wildman–Crippen LogP) is 1.09. The lowest BCUT2D eigenvalue weighted by Gasteiger charge is -2.04. The van der Waals surface area contributed by atoms with Crippen molar-refractivity contribution in [3.05, 3.63) is 36.4 Å². The molecule has 0 bridgehead atoms. The summed E-state index contributed by atoms with van der Waals surface area (Å²) in [5.74, 6) is -0.873. The summed E-state index contributed by atoms with van der Waals surface area (Å²) in [6.07, 6.45) is 4.12. The van der Waals surface area contributed by atoms with Gasteiger partial charge in [-0.3, -0.25) is 9.78 Å². The van der Waals surface area contributed by atoms with Crippen LogP contribution >= 0.6 is 11.8 Å². The highest BCUT2D eigenvalue weighted by molar-refractivity contribution is 7.99. The molecule has 2 aromatic heterocycles. The Morgan fingerprint density at radius 3 is 3.06 bits per heavy atom. The Morgan fingerprint density at radius 2 is 2.33 bits per heavy atom. The molecule has 2 heterocycles. The number of aryl methyl sites for hydroxylation is 2. The minimum atomic E-state index is -0.862. The molecule has 18 heavy (non-hydrogen) atoms. The highest BCUT2D eigenvalue weighted by Crippen LogP contribution is 2.14. The van der Waals surface area contributed by atoms with Crippen LogP contribution in [0.3, 0.4) is 0 Å². The van der Waals surface area contributed by atoms with Gasteiger partial charge in [0.1, 0.15) is 6.33 Å². The fraction of sp³-hybridized carbons (Fsp3) is 0.273. The van der Waals surface area contributed by atoms with Crippen LogP contribution < -0.4 is 0 Å². The molecule has 0 unspecified atom stereocenters. The van der Waals surface area contributed by atoms with E-state index in [2.05, 4.69) is 15.2 Å². The van der Waals surface area contributed by atoms with Crippen LogP contribution in [0.25, 0.3) is 0 Å². The van der Waals surface area contributed by atoms with Crippen LogP contribution in [0.1, 0.15) is 5.69 Å². The van der Waals surface area contributed by atoms with Gasteiger partial charge in [0.05, 0.1) is 5.75 Å². The number of carbonyl (C=O) groups is 1. The van der Waals surface area contributed by atoms with E-state index in [0.717, 1.165) is 12.1 Å². The Balaban J connectivity index is 1.93. The standard InChI is InChI=1S/C11H12N4O2S/c16-10(17)7-18-11-14-13-8-15(11)6-4-9-3-1-2-5-12-9/h1-3,5,8H,4,6-7H2,(H,16,17). The van der Waals surface area contributed by atoms with Crippen molar-refractivity contribution in [2.45, 2.75) is 18.1 Å². The highest BCUT2D eigenvalue weighted by atomic mass is 32.2. The largest absolute Gasteiger partial charge is 0.481 e. The second-order valence-corrected chi connectivity index (χ2v) is 4.50. The molecule has 0 saturated heterocycles. The minimum Gasteiger partial charge on any atom is -0.481 e. The number of hydrogen-bond acceptors (Lipinski definition) is 5. The number of carboxylic acids is 1. The van der Waals surface area contributed by atoms with Gasteiger partial charge in [-0.1, -0.05) is 17.8 Å². The maximum atomic E-state index is 10.5. The van der Waals surface area contributed by atoms with E-state index in [1.165, 1.54) is 11.8 Å². The summed E-state index contributed by atoms with van der Waals surface area (Å²) in [7, 11) is 0. The summed E-state index contributed by atoms with van der Waals surface area (Å²) in [4.78, 5) is 14.7. The third kappa shape index (κ3) is 3.56. The molecule has 1 N–H and O–H groups in total. The van der Waals surface area contributed by atoms with Crippen molar-refractivity contribution in [2.24, 2.45) is 0 Å². The average molecular weight is 264 g/mol. The number of thioether (sulfide) groups is 1. The van der Waals surface area contributed by atoms with E-state index < -0.39 is 5.97 Å². The normalized spacial score (nSPS) is 10.4. The summed E-state index contributed by atoms with van der Waals surface area (Å²) in [5, 5.41) is 16.9. The van der Waals surface area contributed by atoms with E-state index in [0.29, 0.717) is 11.7 Å². The van der Waals surface area contributed by atoms with Crippen LogP contribution in [0.15, 0.2) is 35.9 Å². The Morgan fingerprint density at radius 1 is 1.44 bits per heavy atom. The van der Waals surface area contributed by atoms with Gasteiger partial charge in [0.2, 0.25) is 0 Å². The van der Waals surface area contributed by atoms with Crippen molar-refractivity contribution in [3.8, 4) is 0 Å². The maximum Gasteiger partial charge on any atom is 0.313 e. The van der Waals surface area contributed by atoms with Gasteiger partial charge in [-0.25, -0.2) is 0 Å². The second-order valence-electron chi connectivity index (χ2n) is 3.56. The fourth-order valence-corrected chi connectivity index (χ4v) is 2.08. The number of carboxylic acid groups (broad SMARTS) is 1. The number of pyridine rings is 1. The van der Waals surface area contributed by atoms with Crippen LogP contribution in [0, 0.1) is 0 Å². The molecule has 0 radical (unpaired) electrons. The molecule has 0 aliphatic rings. The van der Waals surface area contributed by atoms with Crippen LogP contribution in [0.5, 0.6) is 0 Å². The molecule has 94 valence electrons. The topological polar surface area (TPSA) is 80.9 Å². The van der Waals surface area contributed by atoms with Gasteiger partial charge in [0.25, 0.3) is 0 Å². The van der Waals surface area contributed by atoms with Gasteiger partial charge in [-0.15, -0.1) is 10.2 Å². The van der Waals surface area contributed by atoms with Crippen LogP contribution in [0.4, 0.5) is 0 Å². The van der Waals surface area contributed by atoms with Crippen molar-refractivity contribution in [1.82, 2.24) is 19.7 Å². The van der Waals surface area contributed by atoms with Crippen molar-refractivity contribution < 1.29 is 9.90 Å². The van der Waals surface area contributed by atoms with Crippen molar-refractivity contribution in [3.63, 3.8) is 0 Å². The van der Waals surface area contributed by atoms with E-state index in [4.69, 9.17) is 5.11 Å². The molecular weight excluding hydrogens is 252 g/mol. The van der Waals surface area contributed by atoms with E-state index >= 15 is 0 Å². The molecule has 0 aliphatic carbocycles. The number of aromatic nitrogens is 4. The summed E-state index contributed by atoms with van der Waals surface area (Å²) < 4.78 is 1.84. The van der Waals surface area contributed by atoms with E-state index in [1.807, 2.05) is 22.8 Å². The summed E-state index contributed by atoms with van der Waals surface area (Å²) in [6, 6.07) is 5.76. The van der Waals surface area contributed by atoms with Crippen LogP contribution in [0.2, 0.25) is 0 Å². The Bertz CT molecular complexity index is 515. The molecule has 0 saturated carbocycles. The zero-order chi connectivity index (χ0) is 12.8. The quantitative estimate of drug-likeness (QED) is 0.787. The molecular formula is C11H12N4O2S. The predicted molar refractivity (Wildman–Crippen MR) is 66.3 cm³/mol. The molecule has 0 aromatic carbocycles. The third-order valence-electron chi connectivity index (χ3n) is 2.24. The van der Waals surface area contributed by atoms with Gasteiger partial charge >= 0.3 is 5.97 Å². The number of aliphatic carboxylic acids is 1. The van der Waals surface area contributed by atoms with Gasteiger partial charge < -0.3 is 9.67 Å². The van der Waals surface area contributed by atoms with Crippen molar-refractivity contribution in [2.75, 3.05) is 5.75 Å². The van der Waals surface area contributed by atoms with Gasteiger partial charge in [0, 0.05) is 24.9 Å². The summed E-state index contributed by atoms with van der Waals surface area (Å²) in [6.45, 7) is 0.686. The van der Waals surface area contributed by atoms with Gasteiger partial charge in [-0.2, -0.15) is 0 Å². The van der Waals surface area contributed by atoms with Crippen molar-refractivity contribution in [1.29, 1.82) is 0 Å². The average Bonchev–Trinajstić information content (AvgIpc) is 2.82. The number of nitrogens with zero attached hydrogens (tertiary/aromatic N) is 4. The molecule has 2 rings (SSSR count). The molecule has 0 fully saturated rings. The zero-order valence-electron chi connectivity index (χ0n) is 9.56. The molecule has 0 amide bonds. The Kier molecular flexibility index (Phi) is 4.30. The fourth-order valence-electron chi connectivity index (χ4n) is 1.42. The summed E-state index contributed by atoms with van der Waals surface area (Å²) >= 11 is 1.17. The molecule has 6 nitrogen and oxygen atoms in total. The second kappa shape index (κ2) is 6.15. The lowest BCUT2D eigenvalue weighted by atomic mass is 10.3.